The van der Waals surface area contributed by atoms with Crippen LogP contribution >= 0.6 is 0 Å². The number of Topliss-reactive ketones (excluding diaryl/α,β-unsaturated/α-hetero) is 1. The Morgan fingerprint density at radius 1 is 1.19 bits per heavy atom. The number of hydrogen-bond acceptors (Lipinski definition) is 2. The highest BCUT2D eigenvalue weighted by Gasteiger charge is 2.19. The zero-order valence-corrected chi connectivity index (χ0v) is 12.0. The lowest BCUT2D eigenvalue weighted by Crippen LogP contribution is -2.07. The van der Waals surface area contributed by atoms with E-state index in [1.54, 1.807) is 0 Å². The third kappa shape index (κ3) is 3.59. The van der Waals surface area contributed by atoms with Crippen molar-refractivity contribution in [3.63, 3.8) is 0 Å². The molecular weight excluding hydrogens is 260 g/mol. The first-order valence-electron chi connectivity index (χ1n) is 7.56. The monoisotopic (exact) mass is 280 g/mol. The van der Waals surface area contributed by atoms with E-state index in [-0.39, 0.29) is 0 Å². The third-order valence-electron chi connectivity index (χ3n) is 4.15. The average Bonchev–Trinajstić information content (AvgIpc) is 2.91. The summed E-state index contributed by atoms with van der Waals surface area (Å²) >= 11 is 0. The van der Waals surface area contributed by atoms with Gasteiger partial charge in [-0.2, -0.15) is 0 Å². The van der Waals surface area contributed by atoms with Crippen molar-refractivity contribution < 1.29 is 9.90 Å². The van der Waals surface area contributed by atoms with Gasteiger partial charge in [0.2, 0.25) is 0 Å². The first-order valence-corrected chi connectivity index (χ1v) is 7.56. The van der Waals surface area contributed by atoms with Crippen LogP contribution in [0.5, 0.6) is 0 Å². The van der Waals surface area contributed by atoms with Gasteiger partial charge in [-0.3, -0.25) is 4.79 Å². The van der Waals surface area contributed by atoms with E-state index in [9.17, 15) is 9.90 Å². The van der Waals surface area contributed by atoms with E-state index in [4.69, 9.17) is 0 Å². The molecular formula is C19H20O2. The maximum absolute atomic E-state index is 11.2. The summed E-state index contributed by atoms with van der Waals surface area (Å²) in [5.74, 6) is 0.664. The molecule has 1 aliphatic rings. The van der Waals surface area contributed by atoms with Crippen LogP contribution in [0.3, 0.4) is 0 Å². The van der Waals surface area contributed by atoms with Crippen LogP contribution in [0.4, 0.5) is 0 Å². The fourth-order valence-corrected chi connectivity index (χ4v) is 2.97. The summed E-state index contributed by atoms with van der Waals surface area (Å²) in [4.78, 5) is 11.2. The molecule has 2 aromatic rings. The molecule has 3 rings (SSSR count). The summed E-state index contributed by atoms with van der Waals surface area (Å²) in [6.45, 7) is 0. The Morgan fingerprint density at radius 2 is 2.00 bits per heavy atom. The van der Waals surface area contributed by atoms with Gasteiger partial charge in [0.15, 0.2) is 0 Å². The van der Waals surface area contributed by atoms with Crippen LogP contribution < -0.4 is 0 Å². The fourth-order valence-electron chi connectivity index (χ4n) is 2.97. The van der Waals surface area contributed by atoms with Gasteiger partial charge in [0.1, 0.15) is 5.78 Å². The number of aliphatic hydroxyl groups is 1. The van der Waals surface area contributed by atoms with Gasteiger partial charge in [0, 0.05) is 19.3 Å². The lowest BCUT2D eigenvalue weighted by atomic mass is 10.0. The number of hydrogen-bond donors (Lipinski definition) is 1. The van der Waals surface area contributed by atoms with Crippen molar-refractivity contribution in [3.05, 3.63) is 60.2 Å². The van der Waals surface area contributed by atoms with Crippen molar-refractivity contribution >= 4 is 16.6 Å². The van der Waals surface area contributed by atoms with Gasteiger partial charge in [0.05, 0.1) is 6.10 Å². The molecule has 0 aromatic heterocycles. The highest BCUT2D eigenvalue weighted by molar-refractivity contribution is 5.83. The molecule has 2 nitrogen and oxygen atoms in total. The highest BCUT2D eigenvalue weighted by Crippen LogP contribution is 2.23. The number of carbonyl (C=O) groups excluding carboxylic acids is 1. The van der Waals surface area contributed by atoms with Gasteiger partial charge < -0.3 is 5.11 Å². The fraction of sp³-hybridized carbons (Fsp3) is 0.316. The predicted molar refractivity (Wildman–Crippen MR) is 85.1 cm³/mol. The Hall–Kier alpha value is -1.93. The SMILES string of the molecule is O=C1CC[C@H](/C=C/C(O)Cc2ccc3ccccc3c2)C1. The molecule has 2 aromatic carbocycles. The van der Waals surface area contributed by atoms with Crippen molar-refractivity contribution in [2.45, 2.75) is 31.8 Å². The number of allylic oxidation sites excluding steroid dienone is 1. The number of benzene rings is 2. The van der Waals surface area contributed by atoms with Gasteiger partial charge in [-0.25, -0.2) is 0 Å². The van der Waals surface area contributed by atoms with E-state index >= 15 is 0 Å². The maximum atomic E-state index is 11.2. The molecule has 1 fully saturated rings. The largest absolute Gasteiger partial charge is 0.389 e. The molecule has 0 radical (unpaired) electrons. The summed E-state index contributed by atoms with van der Waals surface area (Å²) in [5.41, 5.74) is 1.13. The summed E-state index contributed by atoms with van der Waals surface area (Å²) in [6.07, 6.45) is 6.24. The Balaban J connectivity index is 1.64. The highest BCUT2D eigenvalue weighted by atomic mass is 16.3. The number of aliphatic hydroxyl groups excluding tert-OH is 1. The standard InChI is InChI=1S/C19H20O2/c20-18-9-6-14(12-18)7-10-19(21)13-15-5-8-16-3-1-2-4-17(16)11-15/h1-5,7-8,10-11,14,19,21H,6,9,12-13H2/b10-7+/t14-,19?/m1/s1. The second-order valence-electron chi connectivity index (χ2n) is 5.88. The van der Waals surface area contributed by atoms with Crippen molar-refractivity contribution in [3.8, 4) is 0 Å². The molecule has 2 atom stereocenters. The van der Waals surface area contributed by atoms with Crippen molar-refractivity contribution in [1.29, 1.82) is 0 Å². The van der Waals surface area contributed by atoms with Gasteiger partial charge >= 0.3 is 0 Å². The molecule has 0 aliphatic heterocycles. The van der Waals surface area contributed by atoms with Crippen molar-refractivity contribution in [2.75, 3.05) is 0 Å². The smallest absolute Gasteiger partial charge is 0.133 e. The van der Waals surface area contributed by atoms with Crippen LogP contribution in [0.25, 0.3) is 10.8 Å². The molecule has 1 N–H and O–H groups in total. The summed E-state index contributed by atoms with van der Waals surface area (Å²) < 4.78 is 0. The maximum Gasteiger partial charge on any atom is 0.133 e. The van der Waals surface area contributed by atoms with E-state index in [0.29, 0.717) is 31.0 Å². The minimum absolute atomic E-state index is 0.323. The molecule has 1 saturated carbocycles. The molecule has 1 aliphatic carbocycles. The normalized spacial score (nSPS) is 20.4. The lowest BCUT2D eigenvalue weighted by molar-refractivity contribution is -0.117. The van der Waals surface area contributed by atoms with E-state index in [0.717, 1.165) is 12.0 Å². The number of rotatable bonds is 4. The van der Waals surface area contributed by atoms with E-state index in [2.05, 4.69) is 30.3 Å². The van der Waals surface area contributed by atoms with Crippen LogP contribution in [0.2, 0.25) is 0 Å². The zero-order chi connectivity index (χ0) is 14.7. The van der Waals surface area contributed by atoms with Crippen LogP contribution in [0, 0.1) is 5.92 Å². The van der Waals surface area contributed by atoms with Crippen LogP contribution in [0.15, 0.2) is 54.6 Å². The molecule has 2 heteroatoms. The zero-order valence-electron chi connectivity index (χ0n) is 12.0. The number of carbonyl (C=O) groups is 1. The lowest BCUT2D eigenvalue weighted by Gasteiger charge is -2.08. The molecule has 0 heterocycles. The van der Waals surface area contributed by atoms with Gasteiger partial charge in [-0.15, -0.1) is 0 Å². The first kappa shape index (κ1) is 14.0. The van der Waals surface area contributed by atoms with Crippen LogP contribution in [0.1, 0.15) is 24.8 Å². The van der Waals surface area contributed by atoms with Crippen LogP contribution in [-0.4, -0.2) is 17.0 Å². The summed E-state index contributed by atoms with van der Waals surface area (Å²) in [5, 5.41) is 12.5. The van der Waals surface area contributed by atoms with Gasteiger partial charge in [0.25, 0.3) is 0 Å². The number of ketones is 1. The molecule has 0 saturated heterocycles. The van der Waals surface area contributed by atoms with Crippen molar-refractivity contribution in [1.82, 2.24) is 0 Å². The Bertz CT molecular complexity index is 672. The van der Waals surface area contributed by atoms with Gasteiger partial charge in [-0.1, -0.05) is 54.6 Å². The first-order chi connectivity index (χ1) is 10.2. The Kier molecular flexibility index (Phi) is 4.16. The molecule has 21 heavy (non-hydrogen) atoms. The molecule has 1 unspecified atom stereocenters. The van der Waals surface area contributed by atoms with E-state index < -0.39 is 6.10 Å². The number of fused-ring (bicyclic) bond motifs is 1. The van der Waals surface area contributed by atoms with E-state index in [1.807, 2.05) is 24.3 Å². The third-order valence-corrected chi connectivity index (χ3v) is 4.15. The second kappa shape index (κ2) is 6.23. The van der Waals surface area contributed by atoms with Gasteiger partial charge in [-0.05, 0) is 28.7 Å². The second-order valence-corrected chi connectivity index (χ2v) is 5.88. The molecule has 0 spiro atoms. The Morgan fingerprint density at radius 3 is 2.76 bits per heavy atom. The topological polar surface area (TPSA) is 37.3 Å². The van der Waals surface area contributed by atoms with Crippen molar-refractivity contribution in [2.24, 2.45) is 5.92 Å². The van der Waals surface area contributed by atoms with E-state index in [1.165, 1.54) is 10.8 Å². The predicted octanol–water partition coefficient (Wildman–Crippen LogP) is 3.67. The molecule has 108 valence electrons. The van der Waals surface area contributed by atoms with Crippen LogP contribution in [-0.2, 0) is 11.2 Å². The minimum Gasteiger partial charge on any atom is -0.389 e. The summed E-state index contributed by atoms with van der Waals surface area (Å²) in [6, 6.07) is 14.5. The molecule has 0 amide bonds. The quantitative estimate of drug-likeness (QED) is 0.868. The minimum atomic E-state index is -0.484. The molecule has 0 bridgehead atoms. The average molecular weight is 280 g/mol. The Labute approximate surface area is 125 Å². The summed E-state index contributed by atoms with van der Waals surface area (Å²) in [7, 11) is 0.